The Kier molecular flexibility index (Phi) is 14.7. The summed E-state index contributed by atoms with van der Waals surface area (Å²) in [6.45, 7) is 6.47. The zero-order chi connectivity index (χ0) is 32.0. The van der Waals surface area contributed by atoms with Crippen molar-refractivity contribution >= 4 is 34.8 Å². The van der Waals surface area contributed by atoms with E-state index in [-0.39, 0.29) is 35.5 Å². The molecule has 3 aliphatic rings. The van der Waals surface area contributed by atoms with Crippen molar-refractivity contribution in [3.63, 3.8) is 0 Å². The molecule has 6 heteroatoms. The van der Waals surface area contributed by atoms with Crippen LogP contribution in [0, 0.1) is 35.5 Å². The molecule has 0 saturated heterocycles. The maximum absolute atomic E-state index is 13.8. The van der Waals surface area contributed by atoms with Crippen LogP contribution in [0.5, 0.6) is 0 Å². The normalized spacial score (nSPS) is 20.6. The topological polar surface area (TPSA) is 87.3 Å². The number of carbonyl (C=O) groups excluding carboxylic acids is 3. The molecule has 1 aromatic carbocycles. The first-order chi connectivity index (χ1) is 21.9. The first kappa shape index (κ1) is 35.5. The summed E-state index contributed by atoms with van der Waals surface area (Å²) in [6.07, 6.45) is 23.3. The number of benzene rings is 1. The molecule has 3 aliphatic carbocycles. The van der Waals surface area contributed by atoms with Crippen molar-refractivity contribution in [3.8, 4) is 0 Å². The average Bonchev–Trinajstić information content (AvgIpc) is 3.05. The highest BCUT2D eigenvalue weighted by Gasteiger charge is 2.32. The van der Waals surface area contributed by atoms with E-state index >= 15 is 0 Å². The van der Waals surface area contributed by atoms with Crippen LogP contribution in [0.25, 0.3) is 0 Å². The number of carbonyl (C=O) groups is 3. The van der Waals surface area contributed by atoms with Gasteiger partial charge in [-0.15, -0.1) is 0 Å². The Labute approximate surface area is 274 Å². The van der Waals surface area contributed by atoms with Crippen molar-refractivity contribution in [1.29, 1.82) is 0 Å². The lowest BCUT2D eigenvalue weighted by Gasteiger charge is -2.30. The van der Waals surface area contributed by atoms with Gasteiger partial charge in [-0.25, -0.2) is 0 Å². The molecule has 0 heterocycles. The number of nitrogens with one attached hydrogen (secondary N) is 3. The largest absolute Gasteiger partial charge is 0.326 e. The summed E-state index contributed by atoms with van der Waals surface area (Å²) in [6, 6.07) is 5.68. The lowest BCUT2D eigenvalue weighted by Crippen LogP contribution is -2.32. The van der Waals surface area contributed by atoms with Crippen LogP contribution >= 0.6 is 0 Å². The third-order valence-corrected chi connectivity index (χ3v) is 11.2. The quantitative estimate of drug-likeness (QED) is 0.182. The molecule has 3 N–H and O–H groups in total. The lowest BCUT2D eigenvalue weighted by atomic mass is 9.77. The van der Waals surface area contributed by atoms with Gasteiger partial charge in [0.05, 0.1) is 0 Å². The standard InChI is InChI=1S/C39H63N3O3/c1-4-16-34(28-19-10-7-11-20-28)37(43)40-31-25-32(41-38(44)35(17-5-2)29-21-12-8-13-22-29)27-33(26-31)42-39(45)36(18-6-3)30-23-14-9-15-24-30/h25-30,34-36H,4-24H2,1-3H3,(H,40,43)(H,41,44)(H,42,45). The fraction of sp³-hybridized carbons (Fsp3) is 0.769. The molecule has 0 spiro atoms. The van der Waals surface area contributed by atoms with Gasteiger partial charge in [-0.05, 0) is 93.7 Å². The van der Waals surface area contributed by atoms with E-state index < -0.39 is 0 Å². The van der Waals surface area contributed by atoms with Crippen molar-refractivity contribution in [2.45, 2.75) is 156 Å². The van der Waals surface area contributed by atoms with Gasteiger partial charge in [0.15, 0.2) is 0 Å². The maximum Gasteiger partial charge on any atom is 0.227 e. The molecule has 3 amide bonds. The number of hydrogen-bond donors (Lipinski definition) is 3. The lowest BCUT2D eigenvalue weighted by molar-refractivity contribution is -0.123. The van der Waals surface area contributed by atoms with Crippen molar-refractivity contribution in [1.82, 2.24) is 0 Å². The smallest absolute Gasteiger partial charge is 0.227 e. The molecule has 4 rings (SSSR count). The summed E-state index contributed by atoms with van der Waals surface area (Å²) in [7, 11) is 0. The molecule has 45 heavy (non-hydrogen) atoms. The van der Waals surface area contributed by atoms with Crippen LogP contribution in [0.2, 0.25) is 0 Å². The van der Waals surface area contributed by atoms with Gasteiger partial charge in [-0.2, -0.15) is 0 Å². The first-order valence-corrected chi connectivity index (χ1v) is 19.0. The van der Waals surface area contributed by atoms with Crippen molar-refractivity contribution < 1.29 is 14.4 Å². The SMILES string of the molecule is CCCC(C(=O)Nc1cc(NC(=O)C(CCC)C2CCCCC2)cc(NC(=O)C(CCC)C2CCCCC2)c1)C1CCCCC1. The number of amides is 3. The minimum atomic E-state index is -0.00735. The van der Waals surface area contributed by atoms with Crippen LogP contribution in [0.15, 0.2) is 18.2 Å². The Bertz CT molecular complexity index is 924. The minimum Gasteiger partial charge on any atom is -0.326 e. The molecule has 0 radical (unpaired) electrons. The van der Waals surface area contributed by atoms with Crippen LogP contribution in [0.1, 0.15) is 156 Å². The fourth-order valence-corrected chi connectivity index (χ4v) is 8.83. The minimum absolute atomic E-state index is 0.00735. The summed E-state index contributed by atoms with van der Waals surface area (Å²) in [4.78, 5) is 41.3. The van der Waals surface area contributed by atoms with Gasteiger partial charge in [-0.1, -0.05) is 97.8 Å². The van der Waals surface area contributed by atoms with E-state index in [1.165, 1.54) is 57.8 Å². The molecular weight excluding hydrogens is 558 g/mol. The van der Waals surface area contributed by atoms with E-state index in [9.17, 15) is 14.4 Å². The first-order valence-electron chi connectivity index (χ1n) is 19.0. The highest BCUT2D eigenvalue weighted by molar-refractivity contribution is 5.99. The Morgan fingerprint density at radius 2 is 0.733 bits per heavy atom. The van der Waals surface area contributed by atoms with Crippen LogP contribution in [0.4, 0.5) is 17.1 Å². The van der Waals surface area contributed by atoms with Crippen LogP contribution in [-0.2, 0) is 14.4 Å². The Hall–Kier alpha value is -2.37. The van der Waals surface area contributed by atoms with Gasteiger partial charge in [0, 0.05) is 34.8 Å². The van der Waals surface area contributed by atoms with E-state index in [2.05, 4.69) is 36.7 Å². The molecule has 3 unspecified atom stereocenters. The Morgan fingerprint density at radius 3 is 0.956 bits per heavy atom. The summed E-state index contributed by atoms with van der Waals surface area (Å²) in [5, 5.41) is 9.74. The highest BCUT2D eigenvalue weighted by Crippen LogP contribution is 2.37. The van der Waals surface area contributed by atoms with Gasteiger partial charge in [0.2, 0.25) is 17.7 Å². The van der Waals surface area contributed by atoms with Crippen LogP contribution in [0.3, 0.4) is 0 Å². The van der Waals surface area contributed by atoms with Gasteiger partial charge in [0.25, 0.3) is 0 Å². The summed E-state index contributed by atoms with van der Waals surface area (Å²) < 4.78 is 0. The predicted molar refractivity (Wildman–Crippen MR) is 187 cm³/mol. The van der Waals surface area contributed by atoms with Crippen LogP contribution in [-0.4, -0.2) is 17.7 Å². The zero-order valence-corrected chi connectivity index (χ0v) is 28.8. The van der Waals surface area contributed by atoms with Crippen molar-refractivity contribution in [2.24, 2.45) is 35.5 Å². The van der Waals surface area contributed by atoms with E-state index in [4.69, 9.17) is 0 Å². The third kappa shape index (κ3) is 10.6. The molecule has 0 bridgehead atoms. The predicted octanol–water partition coefficient (Wildman–Crippen LogP) is 10.5. The zero-order valence-electron chi connectivity index (χ0n) is 28.8. The monoisotopic (exact) mass is 621 g/mol. The molecule has 3 saturated carbocycles. The molecule has 0 aromatic heterocycles. The average molecular weight is 622 g/mol. The fourth-order valence-electron chi connectivity index (χ4n) is 8.83. The summed E-state index contributed by atoms with van der Waals surface area (Å²) in [5.74, 6) is 1.47. The molecule has 6 nitrogen and oxygen atoms in total. The second-order valence-electron chi connectivity index (χ2n) is 14.6. The number of anilines is 3. The van der Waals surface area contributed by atoms with Gasteiger partial charge < -0.3 is 16.0 Å². The van der Waals surface area contributed by atoms with E-state index in [0.717, 1.165) is 77.0 Å². The van der Waals surface area contributed by atoms with E-state index in [1.54, 1.807) is 0 Å². The maximum atomic E-state index is 13.8. The van der Waals surface area contributed by atoms with Crippen molar-refractivity contribution in [2.75, 3.05) is 16.0 Å². The molecule has 3 fully saturated rings. The van der Waals surface area contributed by atoms with Gasteiger partial charge in [-0.3, -0.25) is 14.4 Å². The third-order valence-electron chi connectivity index (χ3n) is 11.2. The van der Waals surface area contributed by atoms with E-state index in [1.807, 2.05) is 18.2 Å². The number of hydrogen-bond acceptors (Lipinski definition) is 3. The second-order valence-corrected chi connectivity index (χ2v) is 14.6. The van der Waals surface area contributed by atoms with Crippen molar-refractivity contribution in [3.05, 3.63) is 18.2 Å². The van der Waals surface area contributed by atoms with E-state index in [0.29, 0.717) is 34.8 Å². The molecule has 3 atom stereocenters. The summed E-state index contributed by atoms with van der Waals surface area (Å²) >= 11 is 0. The molecule has 252 valence electrons. The highest BCUT2D eigenvalue weighted by atomic mass is 16.2. The van der Waals surface area contributed by atoms with Gasteiger partial charge in [0.1, 0.15) is 0 Å². The Balaban J connectivity index is 1.58. The van der Waals surface area contributed by atoms with Crippen LogP contribution < -0.4 is 16.0 Å². The molecule has 0 aliphatic heterocycles. The molecule has 1 aromatic rings. The van der Waals surface area contributed by atoms with Gasteiger partial charge >= 0.3 is 0 Å². The molecular formula is C39H63N3O3. The Morgan fingerprint density at radius 1 is 0.489 bits per heavy atom. The summed E-state index contributed by atoms with van der Waals surface area (Å²) in [5.41, 5.74) is 1.96. The second kappa shape index (κ2) is 18.7. The number of rotatable bonds is 15.